The molecular formula is C30H38Cl3F3N2O2. The molecule has 3 rings (SSSR count). The first-order valence-corrected chi connectivity index (χ1v) is 13.6. The highest BCUT2D eigenvalue weighted by Gasteiger charge is 2.69. The van der Waals surface area contributed by atoms with E-state index >= 15 is 0 Å². The summed E-state index contributed by atoms with van der Waals surface area (Å²) in [4.78, 5) is 4.89. The number of aliphatic hydroxyl groups excluding tert-OH is 1. The van der Waals surface area contributed by atoms with E-state index in [2.05, 4.69) is 18.3 Å². The molecule has 1 heterocycles. The lowest BCUT2D eigenvalue weighted by atomic mass is 9.65. The first kappa shape index (κ1) is 37.7. The number of halogens is 6. The fraction of sp³-hybridized carbons (Fsp3) is 0.367. The summed E-state index contributed by atoms with van der Waals surface area (Å²) in [5.74, 6) is 0.132. The first-order valence-electron chi connectivity index (χ1n) is 12.3. The van der Waals surface area contributed by atoms with Crippen LogP contribution in [0.5, 0.6) is 0 Å². The standard InChI is InChI=1S/C13H14Cl2F3NO.C9H11NO.C6H9Cl.C2H4/c1-8-4-12(20-19-8,13(16,17)18)11(2)5-9(7-14)3-10(15)6-11;10-9(11)7-6-8-4-2-1-3-5-8;1-3-5-6(7)4-2;1-2/h3,6H,4-5,7H2,1-2H3;1-7,9,11H,10H2;3-5H,1-2H3;1-2H2/b;7-6+;5-3-,6-4+;/t11-,12?;;;/m1.../s1. The van der Waals surface area contributed by atoms with Crippen molar-refractivity contribution in [1.29, 1.82) is 0 Å². The van der Waals surface area contributed by atoms with E-state index < -0.39 is 23.4 Å². The highest BCUT2D eigenvalue weighted by atomic mass is 35.5. The Balaban J connectivity index is 0.000000639. The van der Waals surface area contributed by atoms with E-state index in [1.54, 1.807) is 12.2 Å². The third-order valence-electron chi connectivity index (χ3n) is 5.69. The van der Waals surface area contributed by atoms with E-state index in [-0.39, 0.29) is 23.8 Å². The number of nitrogens with two attached hydrogens (primary N) is 1. The molecule has 1 aromatic rings. The van der Waals surface area contributed by atoms with Crippen LogP contribution in [-0.4, -0.2) is 34.7 Å². The number of rotatable bonds is 5. The molecule has 2 unspecified atom stereocenters. The minimum atomic E-state index is -4.56. The fourth-order valence-corrected chi connectivity index (χ4v) is 4.54. The van der Waals surface area contributed by atoms with Gasteiger partial charge in [0.05, 0.1) is 5.71 Å². The van der Waals surface area contributed by atoms with E-state index in [9.17, 15) is 13.2 Å². The number of benzene rings is 1. The molecule has 1 aromatic carbocycles. The number of hydrogen-bond donors (Lipinski definition) is 2. The van der Waals surface area contributed by atoms with Gasteiger partial charge in [-0.1, -0.05) is 95.5 Å². The van der Waals surface area contributed by atoms with Crippen LogP contribution < -0.4 is 5.73 Å². The van der Waals surface area contributed by atoms with E-state index in [1.165, 1.54) is 26.0 Å². The smallest absolute Gasteiger partial charge is 0.378 e. The number of hydrogen-bond acceptors (Lipinski definition) is 4. The maximum Gasteiger partial charge on any atom is 0.432 e. The predicted molar refractivity (Wildman–Crippen MR) is 164 cm³/mol. The van der Waals surface area contributed by atoms with Crippen LogP contribution in [0.4, 0.5) is 13.2 Å². The van der Waals surface area contributed by atoms with Crippen LogP contribution in [0.3, 0.4) is 0 Å². The Morgan fingerprint density at radius 3 is 2.23 bits per heavy atom. The summed E-state index contributed by atoms with van der Waals surface area (Å²) < 4.78 is 41.0. The van der Waals surface area contributed by atoms with Crippen molar-refractivity contribution >= 4 is 46.6 Å². The lowest BCUT2D eigenvalue weighted by molar-refractivity contribution is -0.300. The zero-order chi connectivity index (χ0) is 31.0. The molecule has 0 saturated heterocycles. The van der Waals surface area contributed by atoms with Gasteiger partial charge in [-0.3, -0.25) is 0 Å². The molecule has 4 nitrogen and oxygen atoms in total. The molecule has 1 aliphatic heterocycles. The van der Waals surface area contributed by atoms with Gasteiger partial charge < -0.3 is 15.7 Å². The summed E-state index contributed by atoms with van der Waals surface area (Å²) in [5.41, 5.74) is 3.38. The molecule has 0 aromatic heterocycles. The van der Waals surface area contributed by atoms with Crippen molar-refractivity contribution in [2.24, 2.45) is 16.3 Å². The second-order valence-electron chi connectivity index (χ2n) is 8.91. The summed E-state index contributed by atoms with van der Waals surface area (Å²) in [7, 11) is 0. The van der Waals surface area contributed by atoms with Crippen LogP contribution in [0, 0.1) is 5.41 Å². The van der Waals surface area contributed by atoms with Crippen LogP contribution in [-0.2, 0) is 4.84 Å². The maximum atomic E-state index is 13.7. The Morgan fingerprint density at radius 1 is 1.23 bits per heavy atom. The zero-order valence-electron chi connectivity index (χ0n) is 23.2. The number of oxime groups is 1. The average molecular weight is 622 g/mol. The molecule has 3 atom stereocenters. The average Bonchev–Trinajstić information content (AvgIpc) is 3.33. The summed E-state index contributed by atoms with van der Waals surface area (Å²) in [6.45, 7) is 12.8. The minimum Gasteiger partial charge on any atom is -0.378 e. The lowest BCUT2D eigenvalue weighted by Gasteiger charge is -2.44. The molecule has 222 valence electrons. The first-order chi connectivity index (χ1) is 18.7. The van der Waals surface area contributed by atoms with Gasteiger partial charge >= 0.3 is 6.18 Å². The van der Waals surface area contributed by atoms with Crippen molar-refractivity contribution in [3.05, 3.63) is 101 Å². The van der Waals surface area contributed by atoms with Gasteiger partial charge in [0.25, 0.3) is 0 Å². The quantitative estimate of drug-likeness (QED) is 0.149. The van der Waals surface area contributed by atoms with Crippen molar-refractivity contribution < 1.29 is 23.1 Å². The van der Waals surface area contributed by atoms with E-state index in [0.717, 1.165) is 10.6 Å². The molecule has 0 amide bonds. The SMILES string of the molecule is C/C=C\C(Cl)=C/C.C=C.CC1=NOC(C(F)(F)F)([C@@]2(C)C=C(Cl)C=C(CCl)C2)C1.NC(O)/C=C/c1ccccc1. The summed E-state index contributed by atoms with van der Waals surface area (Å²) >= 11 is 17.3. The molecule has 0 fully saturated rings. The van der Waals surface area contributed by atoms with Crippen molar-refractivity contribution in [3.8, 4) is 0 Å². The largest absolute Gasteiger partial charge is 0.432 e. The van der Waals surface area contributed by atoms with E-state index in [1.807, 2.05) is 62.4 Å². The maximum absolute atomic E-state index is 13.7. The highest BCUT2D eigenvalue weighted by Crippen LogP contribution is 2.56. The normalized spacial score (nSPS) is 23.3. The Hall–Kier alpha value is -2.29. The molecule has 0 bridgehead atoms. The Labute approximate surface area is 251 Å². The summed E-state index contributed by atoms with van der Waals surface area (Å²) in [6, 6.07) is 9.69. The van der Waals surface area contributed by atoms with Crippen molar-refractivity contribution in [1.82, 2.24) is 0 Å². The van der Waals surface area contributed by atoms with Crippen molar-refractivity contribution in [2.45, 2.75) is 58.5 Å². The zero-order valence-corrected chi connectivity index (χ0v) is 25.5. The molecule has 2 aliphatic rings. The molecule has 10 heteroatoms. The van der Waals surface area contributed by atoms with Crippen LogP contribution in [0.2, 0.25) is 0 Å². The lowest BCUT2D eigenvalue weighted by Crippen LogP contribution is -2.57. The summed E-state index contributed by atoms with van der Waals surface area (Å²) in [6.07, 6.45) is 6.32. The predicted octanol–water partition coefficient (Wildman–Crippen LogP) is 9.27. The van der Waals surface area contributed by atoms with Crippen molar-refractivity contribution in [2.75, 3.05) is 5.88 Å². The Morgan fingerprint density at radius 2 is 1.82 bits per heavy atom. The Kier molecular flexibility index (Phi) is 17.2. The van der Waals surface area contributed by atoms with Gasteiger partial charge in [-0.15, -0.1) is 24.8 Å². The Bertz CT molecular complexity index is 1100. The topological polar surface area (TPSA) is 67.8 Å². The van der Waals surface area contributed by atoms with Crippen LogP contribution in [0.15, 0.2) is 101 Å². The number of nitrogens with zero attached hydrogens (tertiary/aromatic N) is 1. The van der Waals surface area contributed by atoms with Gasteiger partial charge in [0.15, 0.2) is 0 Å². The van der Waals surface area contributed by atoms with E-state index in [4.69, 9.17) is 50.5 Å². The molecule has 0 radical (unpaired) electrons. The molecule has 3 N–H and O–H groups in total. The molecule has 0 saturated carbocycles. The van der Waals surface area contributed by atoms with Crippen LogP contribution in [0.1, 0.15) is 46.1 Å². The molecule has 40 heavy (non-hydrogen) atoms. The summed E-state index contributed by atoms with van der Waals surface area (Å²) in [5, 5.41) is 13.3. The monoisotopic (exact) mass is 620 g/mol. The van der Waals surface area contributed by atoms with Crippen molar-refractivity contribution in [3.63, 3.8) is 0 Å². The van der Waals surface area contributed by atoms with Gasteiger partial charge in [0, 0.05) is 27.8 Å². The van der Waals surface area contributed by atoms with Gasteiger partial charge in [-0.2, -0.15) is 13.2 Å². The third kappa shape index (κ3) is 11.7. The molecular weight excluding hydrogens is 584 g/mol. The second-order valence-corrected chi connectivity index (χ2v) is 10.1. The van der Waals surface area contributed by atoms with Crippen LogP contribution >= 0.6 is 34.8 Å². The number of alkyl halides is 4. The van der Waals surface area contributed by atoms with Gasteiger partial charge in [-0.25, -0.2) is 0 Å². The second kappa shape index (κ2) is 18.2. The van der Waals surface area contributed by atoms with E-state index in [0.29, 0.717) is 11.3 Å². The molecule has 1 aliphatic carbocycles. The number of allylic oxidation sites excluding steroid dienone is 7. The fourth-order valence-electron chi connectivity index (χ4n) is 3.85. The minimum absolute atomic E-state index is 0.132. The van der Waals surface area contributed by atoms with Crippen LogP contribution in [0.25, 0.3) is 6.08 Å². The van der Waals surface area contributed by atoms with Gasteiger partial charge in [0.2, 0.25) is 5.60 Å². The van der Waals surface area contributed by atoms with Gasteiger partial charge in [-0.05, 0) is 51.0 Å². The number of aliphatic hydroxyl groups is 1. The van der Waals surface area contributed by atoms with Gasteiger partial charge in [0.1, 0.15) is 6.23 Å². The third-order valence-corrected chi connectivity index (χ3v) is 6.60. The highest BCUT2D eigenvalue weighted by molar-refractivity contribution is 6.31. The molecule has 0 spiro atoms.